The molecule has 2 aromatic rings. The highest BCUT2D eigenvalue weighted by atomic mass is 32.2. The van der Waals surface area contributed by atoms with Crippen LogP contribution in [0.3, 0.4) is 0 Å². The average Bonchev–Trinajstić information content (AvgIpc) is 2.85. The first-order chi connectivity index (χ1) is 15.8. The topological polar surface area (TPSA) is 73.0 Å². The second-order valence-corrected chi connectivity index (χ2v) is 10.6. The van der Waals surface area contributed by atoms with Crippen LogP contribution in [-0.2, 0) is 14.8 Å². The summed E-state index contributed by atoms with van der Waals surface area (Å²) in [5.74, 6) is -0.378. The SMILES string of the molecule is C[C@@H](C(=O)Nc1ccc(S(=O)(=O)N2CCCCC2)cc1)N1CCN(c2ccc(F)cc2)CC1. The predicted octanol–water partition coefficient (Wildman–Crippen LogP) is 3.15. The molecule has 0 aliphatic carbocycles. The van der Waals surface area contributed by atoms with Gasteiger partial charge in [-0.3, -0.25) is 9.69 Å². The number of sulfonamides is 1. The molecular weight excluding hydrogens is 443 g/mol. The molecular formula is C24H31FN4O3S. The fourth-order valence-electron chi connectivity index (χ4n) is 4.40. The summed E-state index contributed by atoms with van der Waals surface area (Å²) in [7, 11) is -3.48. The summed E-state index contributed by atoms with van der Waals surface area (Å²) >= 11 is 0. The molecule has 0 bridgehead atoms. The van der Waals surface area contributed by atoms with E-state index in [4.69, 9.17) is 0 Å². The van der Waals surface area contributed by atoms with Gasteiger partial charge >= 0.3 is 0 Å². The van der Waals surface area contributed by atoms with E-state index in [0.717, 1.165) is 51.1 Å². The van der Waals surface area contributed by atoms with Gasteiger partial charge in [0.05, 0.1) is 10.9 Å². The second-order valence-electron chi connectivity index (χ2n) is 8.65. The summed E-state index contributed by atoms with van der Waals surface area (Å²) in [5.41, 5.74) is 1.56. The number of carbonyl (C=O) groups is 1. The monoisotopic (exact) mass is 474 g/mol. The van der Waals surface area contributed by atoms with Crippen LogP contribution in [0.15, 0.2) is 53.4 Å². The molecule has 1 N–H and O–H groups in total. The van der Waals surface area contributed by atoms with Gasteiger partial charge in [0.25, 0.3) is 0 Å². The standard InChI is InChI=1S/C24H31FN4O3S/c1-19(27-15-17-28(18-16-27)22-9-5-20(25)6-10-22)24(30)26-21-7-11-23(12-8-21)33(31,32)29-13-3-2-4-14-29/h5-12,19H,2-4,13-18H2,1H3,(H,26,30)/t19-/m0/s1. The largest absolute Gasteiger partial charge is 0.369 e. The van der Waals surface area contributed by atoms with Gasteiger partial charge in [0, 0.05) is 50.6 Å². The lowest BCUT2D eigenvalue weighted by molar-refractivity contribution is -0.120. The van der Waals surface area contributed by atoms with E-state index in [1.165, 1.54) is 16.4 Å². The van der Waals surface area contributed by atoms with Crippen LogP contribution in [0.4, 0.5) is 15.8 Å². The van der Waals surface area contributed by atoms with Crippen LogP contribution in [-0.4, -0.2) is 68.8 Å². The molecule has 2 saturated heterocycles. The number of halogens is 1. The Morgan fingerprint density at radius 1 is 0.879 bits per heavy atom. The first-order valence-corrected chi connectivity index (χ1v) is 12.9. The minimum atomic E-state index is -3.48. The quantitative estimate of drug-likeness (QED) is 0.696. The van der Waals surface area contributed by atoms with Gasteiger partial charge in [-0.05, 0) is 68.3 Å². The summed E-state index contributed by atoms with van der Waals surface area (Å²) in [6.45, 7) is 5.95. The molecule has 0 unspecified atom stereocenters. The Hall–Kier alpha value is -2.49. The first-order valence-electron chi connectivity index (χ1n) is 11.5. The van der Waals surface area contributed by atoms with E-state index in [0.29, 0.717) is 18.8 Å². The van der Waals surface area contributed by atoms with Crippen molar-refractivity contribution in [3.05, 3.63) is 54.3 Å². The van der Waals surface area contributed by atoms with E-state index < -0.39 is 10.0 Å². The van der Waals surface area contributed by atoms with Gasteiger partial charge in [0.2, 0.25) is 15.9 Å². The molecule has 0 radical (unpaired) electrons. The Bertz CT molecular complexity index is 1050. The van der Waals surface area contributed by atoms with E-state index in [9.17, 15) is 17.6 Å². The van der Waals surface area contributed by atoms with Crippen LogP contribution in [0.2, 0.25) is 0 Å². The smallest absolute Gasteiger partial charge is 0.243 e. The third-order valence-corrected chi connectivity index (χ3v) is 8.42. The molecule has 2 aliphatic rings. The Morgan fingerprint density at radius 2 is 1.48 bits per heavy atom. The zero-order valence-electron chi connectivity index (χ0n) is 18.9. The van der Waals surface area contributed by atoms with Crippen molar-refractivity contribution >= 4 is 27.3 Å². The van der Waals surface area contributed by atoms with Crippen LogP contribution in [0.25, 0.3) is 0 Å². The maximum absolute atomic E-state index is 13.2. The highest BCUT2D eigenvalue weighted by molar-refractivity contribution is 7.89. The number of anilines is 2. The lowest BCUT2D eigenvalue weighted by Crippen LogP contribution is -2.52. The highest BCUT2D eigenvalue weighted by Crippen LogP contribution is 2.23. The molecule has 0 saturated carbocycles. The van der Waals surface area contributed by atoms with Crippen molar-refractivity contribution < 1.29 is 17.6 Å². The third-order valence-electron chi connectivity index (χ3n) is 6.51. The molecule has 2 heterocycles. The second kappa shape index (κ2) is 10.2. The number of piperazine rings is 1. The zero-order valence-corrected chi connectivity index (χ0v) is 19.7. The summed E-state index contributed by atoms with van der Waals surface area (Å²) in [5, 5.41) is 2.90. The van der Waals surface area contributed by atoms with Crippen LogP contribution in [0.1, 0.15) is 26.2 Å². The summed E-state index contributed by atoms with van der Waals surface area (Å²) < 4.78 is 40.3. The van der Waals surface area contributed by atoms with Crippen LogP contribution < -0.4 is 10.2 Å². The number of benzene rings is 2. The summed E-state index contributed by atoms with van der Waals surface area (Å²) in [4.78, 5) is 17.4. The first kappa shape index (κ1) is 23.7. The van der Waals surface area contributed by atoms with Gasteiger partial charge in [-0.2, -0.15) is 4.31 Å². The number of nitrogens with zero attached hydrogens (tertiary/aromatic N) is 3. The zero-order chi connectivity index (χ0) is 23.4. The summed E-state index contributed by atoms with van der Waals surface area (Å²) in [6, 6.07) is 12.6. The third kappa shape index (κ3) is 5.54. The van der Waals surface area contributed by atoms with Gasteiger partial charge in [0.15, 0.2) is 0 Å². The minimum absolute atomic E-state index is 0.128. The van der Waals surface area contributed by atoms with Crippen molar-refractivity contribution in [3.8, 4) is 0 Å². The van der Waals surface area contributed by atoms with Crippen molar-refractivity contribution in [1.29, 1.82) is 0 Å². The van der Waals surface area contributed by atoms with E-state index in [1.54, 1.807) is 36.4 Å². The maximum atomic E-state index is 13.2. The lowest BCUT2D eigenvalue weighted by Gasteiger charge is -2.38. The number of amides is 1. The molecule has 1 amide bonds. The predicted molar refractivity (Wildman–Crippen MR) is 127 cm³/mol. The van der Waals surface area contributed by atoms with Gasteiger partial charge in [0.1, 0.15) is 5.82 Å². The van der Waals surface area contributed by atoms with Crippen LogP contribution in [0, 0.1) is 5.82 Å². The lowest BCUT2D eigenvalue weighted by atomic mass is 10.2. The molecule has 7 nitrogen and oxygen atoms in total. The van der Waals surface area contributed by atoms with Gasteiger partial charge in [-0.1, -0.05) is 6.42 Å². The molecule has 4 rings (SSSR count). The molecule has 1 atom stereocenters. The van der Waals surface area contributed by atoms with Crippen molar-refractivity contribution in [2.75, 3.05) is 49.5 Å². The Labute approximate surface area is 195 Å². The van der Waals surface area contributed by atoms with E-state index >= 15 is 0 Å². The Morgan fingerprint density at radius 3 is 2.09 bits per heavy atom. The highest BCUT2D eigenvalue weighted by Gasteiger charge is 2.27. The molecule has 2 aromatic carbocycles. The average molecular weight is 475 g/mol. The molecule has 2 fully saturated rings. The van der Waals surface area contributed by atoms with E-state index in [2.05, 4.69) is 15.1 Å². The van der Waals surface area contributed by atoms with E-state index in [-0.39, 0.29) is 22.7 Å². The van der Waals surface area contributed by atoms with Gasteiger partial charge in [-0.25, -0.2) is 12.8 Å². The number of nitrogens with one attached hydrogen (secondary N) is 1. The molecule has 0 spiro atoms. The number of hydrogen-bond donors (Lipinski definition) is 1. The van der Waals surface area contributed by atoms with E-state index in [1.807, 2.05) is 6.92 Å². The molecule has 178 valence electrons. The Balaban J connectivity index is 1.31. The van der Waals surface area contributed by atoms with Gasteiger partial charge < -0.3 is 10.2 Å². The molecule has 33 heavy (non-hydrogen) atoms. The van der Waals surface area contributed by atoms with Crippen molar-refractivity contribution in [2.45, 2.75) is 37.1 Å². The minimum Gasteiger partial charge on any atom is -0.369 e. The van der Waals surface area contributed by atoms with Crippen molar-refractivity contribution in [1.82, 2.24) is 9.21 Å². The number of rotatable bonds is 6. The van der Waals surface area contributed by atoms with Crippen LogP contribution in [0.5, 0.6) is 0 Å². The number of carbonyl (C=O) groups excluding carboxylic acids is 1. The molecule has 0 aromatic heterocycles. The van der Waals surface area contributed by atoms with Crippen molar-refractivity contribution in [2.24, 2.45) is 0 Å². The fourth-order valence-corrected chi connectivity index (χ4v) is 5.91. The maximum Gasteiger partial charge on any atom is 0.243 e. The molecule has 2 aliphatic heterocycles. The fraction of sp³-hybridized carbons (Fsp3) is 0.458. The normalized spacial score (nSPS) is 19.3. The van der Waals surface area contributed by atoms with Crippen molar-refractivity contribution in [3.63, 3.8) is 0 Å². The molecule has 9 heteroatoms. The number of piperidine rings is 1. The van der Waals surface area contributed by atoms with Gasteiger partial charge in [-0.15, -0.1) is 0 Å². The summed E-state index contributed by atoms with van der Waals surface area (Å²) in [6.07, 6.45) is 2.85. The number of hydrogen-bond acceptors (Lipinski definition) is 5. The van der Waals surface area contributed by atoms with Crippen LogP contribution >= 0.6 is 0 Å². The Kier molecular flexibility index (Phi) is 7.31.